The molecular weight excluding hydrogens is 205 g/mol. The normalized spacial score (nSPS) is 12.4. The quantitative estimate of drug-likeness (QED) is 0.840. The Labute approximate surface area is 93.2 Å². The number of benzene rings is 1. The van der Waals surface area contributed by atoms with Gasteiger partial charge in [0.25, 0.3) is 0 Å². The fraction of sp³-hybridized carbons (Fsp3) is 0.167. The van der Waals surface area contributed by atoms with Gasteiger partial charge in [0.1, 0.15) is 11.6 Å². The van der Waals surface area contributed by atoms with E-state index in [1.54, 1.807) is 24.5 Å². The lowest BCUT2D eigenvalue weighted by atomic mass is 9.97. The second kappa shape index (κ2) is 4.26. The Bertz CT molecular complexity index is 482. The van der Waals surface area contributed by atoms with Crippen molar-refractivity contribution in [1.29, 1.82) is 0 Å². The molecule has 16 heavy (non-hydrogen) atoms. The standard InChI is InChI=1S/C12H12FN3/c1-8(9-2-4-10(13)5-3-9)11-12(14)16-7-6-15-11/h2-8H,1H3,(H2,14,16)/t8-/m1/s1. The maximum absolute atomic E-state index is 12.8. The van der Waals surface area contributed by atoms with Crippen molar-refractivity contribution < 1.29 is 4.39 Å². The summed E-state index contributed by atoms with van der Waals surface area (Å²) in [5, 5.41) is 0. The zero-order valence-corrected chi connectivity index (χ0v) is 8.89. The monoisotopic (exact) mass is 217 g/mol. The lowest BCUT2D eigenvalue weighted by Crippen LogP contribution is -2.05. The van der Waals surface area contributed by atoms with Gasteiger partial charge in [-0.15, -0.1) is 0 Å². The molecular formula is C12H12FN3. The zero-order valence-electron chi connectivity index (χ0n) is 8.89. The summed E-state index contributed by atoms with van der Waals surface area (Å²) in [4.78, 5) is 8.18. The Morgan fingerprint density at radius 1 is 1.12 bits per heavy atom. The van der Waals surface area contributed by atoms with E-state index >= 15 is 0 Å². The van der Waals surface area contributed by atoms with E-state index in [4.69, 9.17) is 5.73 Å². The lowest BCUT2D eigenvalue weighted by Gasteiger charge is -2.12. The third-order valence-corrected chi connectivity index (χ3v) is 2.54. The van der Waals surface area contributed by atoms with E-state index in [1.165, 1.54) is 12.1 Å². The van der Waals surface area contributed by atoms with Gasteiger partial charge in [0.05, 0.1) is 5.69 Å². The van der Waals surface area contributed by atoms with Crippen molar-refractivity contribution in [2.24, 2.45) is 0 Å². The van der Waals surface area contributed by atoms with Gasteiger partial charge in [-0.3, -0.25) is 4.98 Å². The van der Waals surface area contributed by atoms with Gasteiger partial charge in [-0.25, -0.2) is 9.37 Å². The molecule has 0 saturated heterocycles. The van der Waals surface area contributed by atoms with Crippen molar-refractivity contribution in [2.75, 3.05) is 5.73 Å². The summed E-state index contributed by atoms with van der Waals surface area (Å²) < 4.78 is 12.8. The fourth-order valence-corrected chi connectivity index (χ4v) is 1.60. The molecule has 0 amide bonds. The van der Waals surface area contributed by atoms with Crippen LogP contribution in [0, 0.1) is 5.82 Å². The van der Waals surface area contributed by atoms with Crippen LogP contribution in [0.25, 0.3) is 0 Å². The minimum atomic E-state index is -0.247. The first-order chi connectivity index (χ1) is 7.68. The largest absolute Gasteiger partial charge is 0.382 e. The average Bonchev–Trinajstić information content (AvgIpc) is 2.30. The van der Waals surface area contributed by atoms with Crippen LogP contribution in [0.2, 0.25) is 0 Å². The van der Waals surface area contributed by atoms with E-state index in [0.29, 0.717) is 11.5 Å². The molecule has 0 saturated carbocycles. The van der Waals surface area contributed by atoms with Gasteiger partial charge < -0.3 is 5.73 Å². The predicted octanol–water partition coefficient (Wildman–Crippen LogP) is 2.35. The highest BCUT2D eigenvalue weighted by Crippen LogP contribution is 2.25. The Hall–Kier alpha value is -1.97. The molecule has 0 spiro atoms. The van der Waals surface area contributed by atoms with Gasteiger partial charge in [-0.2, -0.15) is 0 Å². The second-order valence-corrected chi connectivity index (χ2v) is 3.60. The third kappa shape index (κ3) is 2.00. The van der Waals surface area contributed by atoms with E-state index < -0.39 is 0 Å². The molecule has 0 bridgehead atoms. The molecule has 0 aliphatic heterocycles. The van der Waals surface area contributed by atoms with Gasteiger partial charge in [-0.1, -0.05) is 19.1 Å². The lowest BCUT2D eigenvalue weighted by molar-refractivity contribution is 0.626. The molecule has 82 valence electrons. The third-order valence-electron chi connectivity index (χ3n) is 2.54. The second-order valence-electron chi connectivity index (χ2n) is 3.60. The van der Waals surface area contributed by atoms with Gasteiger partial charge >= 0.3 is 0 Å². The maximum atomic E-state index is 12.8. The number of aromatic nitrogens is 2. The summed E-state index contributed by atoms with van der Waals surface area (Å²) >= 11 is 0. The first-order valence-electron chi connectivity index (χ1n) is 5.00. The number of nitrogen functional groups attached to an aromatic ring is 1. The number of nitrogens with zero attached hydrogens (tertiary/aromatic N) is 2. The highest BCUT2D eigenvalue weighted by molar-refractivity contribution is 5.40. The van der Waals surface area contributed by atoms with Crippen LogP contribution in [-0.4, -0.2) is 9.97 Å². The molecule has 2 aromatic rings. The molecule has 0 aliphatic rings. The summed E-state index contributed by atoms with van der Waals surface area (Å²) in [5.41, 5.74) is 7.42. The van der Waals surface area contributed by atoms with Gasteiger partial charge in [-0.05, 0) is 17.7 Å². The molecule has 2 N–H and O–H groups in total. The molecule has 1 atom stereocenters. The van der Waals surface area contributed by atoms with Crippen LogP contribution in [0.3, 0.4) is 0 Å². The molecule has 0 fully saturated rings. The Morgan fingerprint density at radius 3 is 2.38 bits per heavy atom. The summed E-state index contributed by atoms with van der Waals surface area (Å²) in [6.07, 6.45) is 3.15. The first-order valence-corrected chi connectivity index (χ1v) is 5.00. The number of halogens is 1. The minimum Gasteiger partial charge on any atom is -0.382 e. The number of anilines is 1. The number of hydrogen-bond acceptors (Lipinski definition) is 3. The summed E-state index contributed by atoms with van der Waals surface area (Å²) in [5.74, 6) is 0.177. The Morgan fingerprint density at radius 2 is 1.75 bits per heavy atom. The zero-order chi connectivity index (χ0) is 11.5. The molecule has 3 nitrogen and oxygen atoms in total. The van der Waals surface area contributed by atoms with Crippen LogP contribution in [0.1, 0.15) is 24.1 Å². The highest BCUT2D eigenvalue weighted by Gasteiger charge is 2.13. The van der Waals surface area contributed by atoms with Crippen molar-refractivity contribution >= 4 is 5.82 Å². The molecule has 4 heteroatoms. The molecule has 0 radical (unpaired) electrons. The minimum absolute atomic E-state index is 0.00861. The van der Waals surface area contributed by atoms with Crippen molar-refractivity contribution in [1.82, 2.24) is 9.97 Å². The number of hydrogen-bond donors (Lipinski definition) is 1. The van der Waals surface area contributed by atoms with E-state index in [0.717, 1.165) is 5.56 Å². The van der Waals surface area contributed by atoms with Crippen molar-refractivity contribution in [3.8, 4) is 0 Å². The fourth-order valence-electron chi connectivity index (χ4n) is 1.60. The number of nitrogens with two attached hydrogens (primary N) is 1. The molecule has 0 aliphatic carbocycles. The maximum Gasteiger partial charge on any atom is 0.145 e. The predicted molar refractivity (Wildman–Crippen MR) is 60.4 cm³/mol. The first kappa shape index (κ1) is 10.5. The summed E-state index contributed by atoms with van der Waals surface area (Å²) in [7, 11) is 0. The van der Waals surface area contributed by atoms with Crippen LogP contribution in [0.15, 0.2) is 36.7 Å². The topological polar surface area (TPSA) is 51.8 Å². The Kier molecular flexibility index (Phi) is 2.81. The molecule has 1 aromatic carbocycles. The van der Waals surface area contributed by atoms with Crippen molar-refractivity contribution in [3.05, 3.63) is 53.7 Å². The van der Waals surface area contributed by atoms with Gasteiger partial charge in [0.15, 0.2) is 0 Å². The van der Waals surface area contributed by atoms with Gasteiger partial charge in [0.2, 0.25) is 0 Å². The molecule has 0 unspecified atom stereocenters. The highest BCUT2D eigenvalue weighted by atomic mass is 19.1. The molecule has 1 aromatic heterocycles. The molecule has 2 rings (SSSR count). The van der Waals surface area contributed by atoms with E-state index in [9.17, 15) is 4.39 Å². The van der Waals surface area contributed by atoms with Crippen molar-refractivity contribution in [2.45, 2.75) is 12.8 Å². The number of rotatable bonds is 2. The van der Waals surface area contributed by atoms with Crippen molar-refractivity contribution in [3.63, 3.8) is 0 Å². The SMILES string of the molecule is C[C@H](c1ccc(F)cc1)c1nccnc1N. The van der Waals surface area contributed by atoms with E-state index in [2.05, 4.69) is 9.97 Å². The van der Waals surface area contributed by atoms with E-state index in [1.807, 2.05) is 6.92 Å². The van der Waals surface area contributed by atoms with Gasteiger partial charge in [0, 0.05) is 18.3 Å². The van der Waals surface area contributed by atoms with Crippen LogP contribution >= 0.6 is 0 Å². The summed E-state index contributed by atoms with van der Waals surface area (Å²) in [6, 6.07) is 6.32. The average molecular weight is 217 g/mol. The van der Waals surface area contributed by atoms with Crippen LogP contribution in [0.4, 0.5) is 10.2 Å². The van der Waals surface area contributed by atoms with Crippen LogP contribution in [-0.2, 0) is 0 Å². The molecule has 1 heterocycles. The smallest absolute Gasteiger partial charge is 0.145 e. The van der Waals surface area contributed by atoms with Crippen LogP contribution < -0.4 is 5.73 Å². The Balaban J connectivity index is 2.35. The van der Waals surface area contributed by atoms with Crippen LogP contribution in [0.5, 0.6) is 0 Å². The van der Waals surface area contributed by atoms with E-state index in [-0.39, 0.29) is 11.7 Å². The summed E-state index contributed by atoms with van der Waals surface area (Å²) in [6.45, 7) is 1.97.